The Hall–Kier alpha value is -0.260. The van der Waals surface area contributed by atoms with Crippen LogP contribution in [0.25, 0.3) is 0 Å². The molecule has 0 aromatic rings. The lowest BCUT2D eigenvalue weighted by atomic mass is 9.81. The maximum Gasteiger partial charge on any atom is 0.326 e. The average molecular weight is 301 g/mol. The molecule has 1 aliphatic heterocycles. The summed E-state index contributed by atoms with van der Waals surface area (Å²) in [7, 11) is 1.50. The van der Waals surface area contributed by atoms with Crippen LogP contribution in [0.5, 0.6) is 0 Å². The molecule has 0 radical (unpaired) electrons. The van der Waals surface area contributed by atoms with Crippen molar-refractivity contribution in [2.45, 2.75) is 61.5 Å². The number of hydrogen-bond donors (Lipinski definition) is 1. The van der Waals surface area contributed by atoms with Gasteiger partial charge < -0.3 is 14.8 Å². The highest BCUT2D eigenvalue weighted by molar-refractivity contribution is 8.00. The molecule has 1 saturated heterocycles. The van der Waals surface area contributed by atoms with E-state index in [1.54, 1.807) is 0 Å². The van der Waals surface area contributed by atoms with Crippen molar-refractivity contribution in [1.82, 2.24) is 5.32 Å². The molecule has 1 aliphatic carbocycles. The van der Waals surface area contributed by atoms with E-state index in [0.717, 1.165) is 51.9 Å². The van der Waals surface area contributed by atoms with E-state index < -0.39 is 5.54 Å². The van der Waals surface area contributed by atoms with Gasteiger partial charge in [0, 0.05) is 23.7 Å². The maximum atomic E-state index is 12.2. The topological polar surface area (TPSA) is 47.6 Å². The number of esters is 1. The standard InChI is InChI=1S/C15H27NO3S/c1-3-16-15(14(17)18-2)8-4-5-13(11-15)20-12-6-9-19-10-7-12/h12-13,16H,3-11H2,1-2H3. The number of likely N-dealkylation sites (N-methyl/N-ethyl adjacent to an activating group) is 1. The van der Waals surface area contributed by atoms with Gasteiger partial charge in [0.2, 0.25) is 0 Å². The van der Waals surface area contributed by atoms with Crippen molar-refractivity contribution in [2.75, 3.05) is 26.9 Å². The number of ether oxygens (including phenoxy) is 2. The molecular weight excluding hydrogens is 274 g/mol. The maximum absolute atomic E-state index is 12.2. The number of carbonyl (C=O) groups is 1. The molecular formula is C15H27NO3S. The Morgan fingerprint density at radius 2 is 2.10 bits per heavy atom. The predicted octanol–water partition coefficient (Wildman–Crippen LogP) is 2.36. The summed E-state index contributed by atoms with van der Waals surface area (Å²) >= 11 is 2.07. The van der Waals surface area contributed by atoms with E-state index >= 15 is 0 Å². The SMILES string of the molecule is CCNC1(C(=O)OC)CCCC(SC2CCOCC2)C1. The lowest BCUT2D eigenvalue weighted by Gasteiger charge is -2.40. The summed E-state index contributed by atoms with van der Waals surface area (Å²) in [4.78, 5) is 12.2. The number of nitrogens with one attached hydrogen (secondary N) is 1. The molecule has 20 heavy (non-hydrogen) atoms. The van der Waals surface area contributed by atoms with E-state index in [2.05, 4.69) is 24.0 Å². The second-order valence-corrected chi connectivity index (χ2v) is 7.38. The van der Waals surface area contributed by atoms with Crippen LogP contribution in [0.1, 0.15) is 45.4 Å². The largest absolute Gasteiger partial charge is 0.468 e. The number of carbonyl (C=O) groups excluding carboxylic acids is 1. The van der Waals surface area contributed by atoms with Gasteiger partial charge in [0.25, 0.3) is 0 Å². The van der Waals surface area contributed by atoms with Crippen molar-refractivity contribution in [3.63, 3.8) is 0 Å². The third-order valence-electron chi connectivity index (χ3n) is 4.35. The van der Waals surface area contributed by atoms with Crippen molar-refractivity contribution in [3.8, 4) is 0 Å². The minimum atomic E-state index is -0.454. The van der Waals surface area contributed by atoms with Gasteiger partial charge >= 0.3 is 5.97 Å². The normalized spacial score (nSPS) is 32.0. The molecule has 2 unspecified atom stereocenters. The average Bonchev–Trinajstić information content (AvgIpc) is 2.48. The monoisotopic (exact) mass is 301 g/mol. The highest BCUT2D eigenvalue weighted by Gasteiger charge is 2.43. The second-order valence-electron chi connectivity index (χ2n) is 5.77. The third kappa shape index (κ3) is 3.89. The van der Waals surface area contributed by atoms with Gasteiger partial charge in [-0.1, -0.05) is 6.92 Å². The Kier molecular flexibility index (Phi) is 6.18. The van der Waals surface area contributed by atoms with Crippen LogP contribution < -0.4 is 5.32 Å². The summed E-state index contributed by atoms with van der Waals surface area (Å²) < 4.78 is 10.5. The predicted molar refractivity (Wildman–Crippen MR) is 82.1 cm³/mol. The molecule has 0 amide bonds. The van der Waals surface area contributed by atoms with Crippen molar-refractivity contribution < 1.29 is 14.3 Å². The molecule has 2 atom stereocenters. The fourth-order valence-electron chi connectivity index (χ4n) is 3.38. The van der Waals surface area contributed by atoms with E-state index in [1.807, 2.05) is 0 Å². The molecule has 0 spiro atoms. The van der Waals surface area contributed by atoms with Crippen molar-refractivity contribution >= 4 is 17.7 Å². The van der Waals surface area contributed by atoms with Crippen LogP contribution >= 0.6 is 11.8 Å². The van der Waals surface area contributed by atoms with Gasteiger partial charge in [0.1, 0.15) is 5.54 Å². The molecule has 4 nitrogen and oxygen atoms in total. The summed E-state index contributed by atoms with van der Waals surface area (Å²) in [6, 6.07) is 0. The molecule has 5 heteroatoms. The fraction of sp³-hybridized carbons (Fsp3) is 0.933. The Morgan fingerprint density at radius 1 is 1.35 bits per heavy atom. The summed E-state index contributed by atoms with van der Waals surface area (Å²) in [6.07, 6.45) is 6.41. The quantitative estimate of drug-likeness (QED) is 0.790. The van der Waals surface area contributed by atoms with Crippen LogP contribution in [0, 0.1) is 0 Å². The Morgan fingerprint density at radius 3 is 2.75 bits per heavy atom. The van der Waals surface area contributed by atoms with E-state index in [9.17, 15) is 4.79 Å². The first-order valence-electron chi connectivity index (χ1n) is 7.77. The number of methoxy groups -OCH3 is 1. The Labute approximate surface area is 126 Å². The van der Waals surface area contributed by atoms with E-state index in [1.165, 1.54) is 13.5 Å². The molecule has 2 fully saturated rings. The van der Waals surface area contributed by atoms with Gasteiger partial charge in [-0.25, -0.2) is 0 Å². The van der Waals surface area contributed by atoms with Crippen molar-refractivity contribution in [1.29, 1.82) is 0 Å². The van der Waals surface area contributed by atoms with Crippen LogP contribution in [-0.4, -0.2) is 48.9 Å². The third-order valence-corrected chi connectivity index (χ3v) is 5.99. The molecule has 2 rings (SSSR count). The zero-order valence-electron chi connectivity index (χ0n) is 12.7. The zero-order valence-corrected chi connectivity index (χ0v) is 13.5. The van der Waals surface area contributed by atoms with Crippen LogP contribution in [-0.2, 0) is 14.3 Å². The molecule has 0 aromatic heterocycles. The van der Waals surface area contributed by atoms with E-state index in [0.29, 0.717) is 10.5 Å². The van der Waals surface area contributed by atoms with E-state index in [4.69, 9.17) is 9.47 Å². The highest BCUT2D eigenvalue weighted by Crippen LogP contribution is 2.39. The summed E-state index contributed by atoms with van der Waals surface area (Å²) in [6.45, 7) is 4.64. The van der Waals surface area contributed by atoms with Crippen LogP contribution in [0.15, 0.2) is 0 Å². The van der Waals surface area contributed by atoms with Crippen LogP contribution in [0.4, 0.5) is 0 Å². The lowest BCUT2D eigenvalue weighted by molar-refractivity contribution is -0.150. The summed E-state index contributed by atoms with van der Waals surface area (Å²) in [5.41, 5.74) is -0.454. The molecule has 1 saturated carbocycles. The van der Waals surface area contributed by atoms with Crippen molar-refractivity contribution in [3.05, 3.63) is 0 Å². The van der Waals surface area contributed by atoms with Crippen LogP contribution in [0.2, 0.25) is 0 Å². The van der Waals surface area contributed by atoms with Crippen LogP contribution in [0.3, 0.4) is 0 Å². The van der Waals surface area contributed by atoms with Gasteiger partial charge in [0.15, 0.2) is 0 Å². The van der Waals surface area contributed by atoms with Gasteiger partial charge in [0.05, 0.1) is 7.11 Å². The number of thioether (sulfide) groups is 1. The number of rotatable bonds is 5. The first-order chi connectivity index (χ1) is 9.70. The summed E-state index contributed by atoms with van der Waals surface area (Å²) in [5.74, 6) is -0.0865. The first-order valence-corrected chi connectivity index (χ1v) is 8.71. The van der Waals surface area contributed by atoms with Gasteiger partial charge in [-0.05, 0) is 45.1 Å². The molecule has 116 valence electrons. The second kappa shape index (κ2) is 7.66. The minimum Gasteiger partial charge on any atom is -0.468 e. The first kappa shape index (κ1) is 16.1. The lowest BCUT2D eigenvalue weighted by Crippen LogP contribution is -2.56. The van der Waals surface area contributed by atoms with Gasteiger partial charge in [-0.15, -0.1) is 0 Å². The highest BCUT2D eigenvalue weighted by atomic mass is 32.2. The van der Waals surface area contributed by atoms with Gasteiger partial charge in [-0.3, -0.25) is 4.79 Å². The Bertz CT molecular complexity index is 316. The fourth-order valence-corrected chi connectivity index (χ4v) is 5.07. The molecule has 2 aliphatic rings. The molecule has 1 heterocycles. The zero-order chi connectivity index (χ0) is 14.4. The van der Waals surface area contributed by atoms with Gasteiger partial charge in [-0.2, -0.15) is 11.8 Å². The molecule has 0 bridgehead atoms. The molecule has 1 N–H and O–H groups in total. The van der Waals surface area contributed by atoms with E-state index in [-0.39, 0.29) is 5.97 Å². The number of hydrogen-bond acceptors (Lipinski definition) is 5. The summed E-state index contributed by atoms with van der Waals surface area (Å²) in [5, 5.41) is 4.66. The molecule has 0 aromatic carbocycles. The Balaban J connectivity index is 1.95. The minimum absolute atomic E-state index is 0.0865. The van der Waals surface area contributed by atoms with Crippen molar-refractivity contribution in [2.24, 2.45) is 0 Å². The smallest absolute Gasteiger partial charge is 0.326 e.